The summed E-state index contributed by atoms with van der Waals surface area (Å²) < 4.78 is 13.8. The third-order valence-corrected chi connectivity index (χ3v) is 3.50. The molecular formula is C13H15FN2O3. The topological polar surface area (TPSA) is 83.6 Å². The van der Waals surface area contributed by atoms with Crippen molar-refractivity contribution in [1.82, 2.24) is 4.90 Å². The Morgan fingerprint density at radius 2 is 2.05 bits per heavy atom. The summed E-state index contributed by atoms with van der Waals surface area (Å²) in [5, 5.41) is 9.07. The van der Waals surface area contributed by atoms with Crippen LogP contribution < -0.4 is 5.73 Å². The van der Waals surface area contributed by atoms with Gasteiger partial charge in [-0.25, -0.2) is 9.18 Å². The molecule has 1 heterocycles. The normalized spacial score (nSPS) is 23.1. The molecule has 1 aliphatic rings. The molecule has 0 aliphatic carbocycles. The van der Waals surface area contributed by atoms with Crippen molar-refractivity contribution in [3.05, 3.63) is 35.6 Å². The molecule has 2 unspecified atom stereocenters. The number of benzene rings is 1. The zero-order valence-corrected chi connectivity index (χ0v) is 10.3. The van der Waals surface area contributed by atoms with E-state index in [0.29, 0.717) is 12.0 Å². The first-order chi connectivity index (χ1) is 9.00. The second-order valence-electron chi connectivity index (χ2n) is 4.63. The minimum absolute atomic E-state index is 0.180. The number of primary amides is 1. The van der Waals surface area contributed by atoms with Gasteiger partial charge in [0.05, 0.1) is 12.0 Å². The zero-order chi connectivity index (χ0) is 14.0. The van der Waals surface area contributed by atoms with Crippen molar-refractivity contribution >= 4 is 12.0 Å². The molecule has 2 amide bonds. The molecule has 3 N–H and O–H groups in total. The Hall–Kier alpha value is -2.11. The van der Waals surface area contributed by atoms with E-state index in [1.807, 2.05) is 0 Å². The van der Waals surface area contributed by atoms with Crippen LogP contribution in [-0.2, 0) is 4.79 Å². The van der Waals surface area contributed by atoms with E-state index >= 15 is 0 Å². The van der Waals surface area contributed by atoms with E-state index in [9.17, 15) is 14.0 Å². The maximum absolute atomic E-state index is 13.8. The Kier molecular flexibility index (Phi) is 3.69. The molecule has 1 aromatic rings. The van der Waals surface area contributed by atoms with Gasteiger partial charge in [0.1, 0.15) is 5.82 Å². The fraction of sp³-hybridized carbons (Fsp3) is 0.385. The van der Waals surface area contributed by atoms with E-state index in [4.69, 9.17) is 10.8 Å². The summed E-state index contributed by atoms with van der Waals surface area (Å²) in [5.74, 6) is -1.96. The lowest BCUT2D eigenvalue weighted by atomic mass is 9.87. The molecular weight excluding hydrogens is 251 g/mol. The summed E-state index contributed by atoms with van der Waals surface area (Å²) in [7, 11) is 0. The number of piperidine rings is 1. The lowest BCUT2D eigenvalue weighted by Crippen LogP contribution is -2.45. The van der Waals surface area contributed by atoms with Crippen molar-refractivity contribution in [3.63, 3.8) is 0 Å². The van der Waals surface area contributed by atoms with Gasteiger partial charge in [-0.3, -0.25) is 4.79 Å². The summed E-state index contributed by atoms with van der Waals surface area (Å²) in [6.07, 6.45) is 0.516. The molecule has 0 spiro atoms. The van der Waals surface area contributed by atoms with Crippen LogP contribution in [0.1, 0.15) is 24.4 Å². The summed E-state index contributed by atoms with van der Waals surface area (Å²) in [5.41, 5.74) is 5.60. The minimum Gasteiger partial charge on any atom is -0.481 e. The van der Waals surface area contributed by atoms with Crippen LogP contribution in [0.25, 0.3) is 0 Å². The van der Waals surface area contributed by atoms with Crippen LogP contribution in [0.15, 0.2) is 24.3 Å². The average Bonchev–Trinajstić information content (AvgIpc) is 2.38. The number of carbonyl (C=O) groups excluding carboxylic acids is 1. The summed E-state index contributed by atoms with van der Waals surface area (Å²) in [6.45, 7) is 0.227. The number of hydrogen-bond donors (Lipinski definition) is 2. The van der Waals surface area contributed by atoms with E-state index in [1.165, 1.54) is 11.0 Å². The number of carboxylic acid groups (broad SMARTS) is 1. The molecule has 0 saturated carbocycles. The molecule has 1 saturated heterocycles. The minimum atomic E-state index is -0.926. The van der Waals surface area contributed by atoms with E-state index in [-0.39, 0.29) is 13.0 Å². The van der Waals surface area contributed by atoms with Gasteiger partial charge >= 0.3 is 12.0 Å². The number of carbonyl (C=O) groups is 2. The van der Waals surface area contributed by atoms with Crippen LogP contribution in [0.3, 0.4) is 0 Å². The van der Waals surface area contributed by atoms with E-state index in [0.717, 1.165) is 0 Å². The molecule has 5 nitrogen and oxygen atoms in total. The zero-order valence-electron chi connectivity index (χ0n) is 10.3. The highest BCUT2D eigenvalue weighted by Gasteiger charge is 2.35. The lowest BCUT2D eigenvalue weighted by molar-refractivity contribution is -0.143. The third kappa shape index (κ3) is 2.67. The van der Waals surface area contributed by atoms with Gasteiger partial charge in [-0.1, -0.05) is 18.2 Å². The van der Waals surface area contributed by atoms with Crippen LogP contribution in [0, 0.1) is 11.7 Å². The SMILES string of the molecule is NC(=O)N1CCC(C(=O)O)CC1c1ccccc1F. The summed E-state index contributed by atoms with van der Waals surface area (Å²) in [4.78, 5) is 23.8. The van der Waals surface area contributed by atoms with Gasteiger partial charge < -0.3 is 15.7 Å². The first-order valence-corrected chi connectivity index (χ1v) is 6.04. The van der Waals surface area contributed by atoms with Crippen LogP contribution in [-0.4, -0.2) is 28.6 Å². The van der Waals surface area contributed by atoms with E-state index in [1.54, 1.807) is 18.2 Å². The fourth-order valence-corrected chi connectivity index (χ4v) is 2.49. The Bertz CT molecular complexity index is 506. The standard InChI is InChI=1S/C13H15FN2O3/c14-10-4-2-1-3-9(10)11-7-8(12(17)18)5-6-16(11)13(15)19/h1-4,8,11H,5-7H2,(H2,15,19)(H,17,18). The number of halogens is 1. The number of amides is 2. The molecule has 0 aromatic heterocycles. The predicted molar refractivity (Wildman–Crippen MR) is 65.8 cm³/mol. The highest BCUT2D eigenvalue weighted by molar-refractivity contribution is 5.74. The largest absolute Gasteiger partial charge is 0.481 e. The molecule has 102 valence electrons. The summed E-state index contributed by atoms with van der Waals surface area (Å²) in [6, 6.07) is 4.78. The number of nitrogens with two attached hydrogens (primary N) is 1. The van der Waals surface area contributed by atoms with Crippen molar-refractivity contribution in [2.24, 2.45) is 11.7 Å². The van der Waals surface area contributed by atoms with Crippen LogP contribution in [0.5, 0.6) is 0 Å². The van der Waals surface area contributed by atoms with Crippen molar-refractivity contribution in [1.29, 1.82) is 0 Å². The Labute approximate surface area is 109 Å². The van der Waals surface area contributed by atoms with Gasteiger partial charge in [0, 0.05) is 12.1 Å². The summed E-state index contributed by atoms with van der Waals surface area (Å²) >= 11 is 0. The first kappa shape index (κ1) is 13.3. The smallest absolute Gasteiger partial charge is 0.315 e. The molecule has 0 radical (unpaired) electrons. The highest BCUT2D eigenvalue weighted by Crippen LogP contribution is 2.35. The number of urea groups is 1. The van der Waals surface area contributed by atoms with Gasteiger partial charge in [-0.15, -0.1) is 0 Å². The van der Waals surface area contributed by atoms with E-state index < -0.39 is 29.8 Å². The Balaban J connectivity index is 2.33. The van der Waals surface area contributed by atoms with Crippen molar-refractivity contribution in [2.75, 3.05) is 6.54 Å². The number of likely N-dealkylation sites (tertiary alicyclic amines) is 1. The quantitative estimate of drug-likeness (QED) is 0.855. The van der Waals surface area contributed by atoms with Crippen molar-refractivity contribution in [2.45, 2.75) is 18.9 Å². The maximum atomic E-state index is 13.8. The second-order valence-corrected chi connectivity index (χ2v) is 4.63. The van der Waals surface area contributed by atoms with Crippen LogP contribution in [0.2, 0.25) is 0 Å². The molecule has 2 rings (SSSR count). The fourth-order valence-electron chi connectivity index (χ4n) is 2.49. The average molecular weight is 266 g/mol. The highest BCUT2D eigenvalue weighted by atomic mass is 19.1. The molecule has 1 fully saturated rings. The first-order valence-electron chi connectivity index (χ1n) is 6.04. The van der Waals surface area contributed by atoms with Gasteiger partial charge in [0.25, 0.3) is 0 Å². The molecule has 2 atom stereocenters. The molecule has 1 aromatic carbocycles. The number of carboxylic acids is 1. The molecule has 19 heavy (non-hydrogen) atoms. The molecule has 0 bridgehead atoms. The van der Waals surface area contributed by atoms with Crippen molar-refractivity contribution < 1.29 is 19.1 Å². The Morgan fingerprint density at radius 1 is 1.37 bits per heavy atom. The van der Waals surface area contributed by atoms with Crippen LogP contribution in [0.4, 0.5) is 9.18 Å². The molecule has 1 aliphatic heterocycles. The Morgan fingerprint density at radius 3 is 2.63 bits per heavy atom. The maximum Gasteiger partial charge on any atom is 0.315 e. The lowest BCUT2D eigenvalue weighted by Gasteiger charge is -2.37. The number of nitrogens with zero attached hydrogens (tertiary/aromatic N) is 1. The second kappa shape index (κ2) is 5.26. The van der Waals surface area contributed by atoms with Crippen LogP contribution >= 0.6 is 0 Å². The third-order valence-electron chi connectivity index (χ3n) is 3.50. The monoisotopic (exact) mass is 266 g/mol. The van der Waals surface area contributed by atoms with Gasteiger partial charge in [-0.2, -0.15) is 0 Å². The van der Waals surface area contributed by atoms with Gasteiger partial charge in [0.2, 0.25) is 0 Å². The van der Waals surface area contributed by atoms with Crippen molar-refractivity contribution in [3.8, 4) is 0 Å². The number of aliphatic carboxylic acids is 1. The predicted octanol–water partition coefficient (Wildman–Crippen LogP) is 1.74. The van der Waals surface area contributed by atoms with E-state index in [2.05, 4.69) is 0 Å². The number of hydrogen-bond acceptors (Lipinski definition) is 2. The van der Waals surface area contributed by atoms with Gasteiger partial charge in [-0.05, 0) is 18.9 Å². The molecule has 6 heteroatoms. The number of rotatable bonds is 2. The van der Waals surface area contributed by atoms with Gasteiger partial charge in [0.15, 0.2) is 0 Å².